The predicted octanol–water partition coefficient (Wildman–Crippen LogP) is 3.89. The molecule has 1 N–H and O–H groups in total. The Morgan fingerprint density at radius 1 is 1.07 bits per heavy atom. The van der Waals surface area contributed by atoms with Gasteiger partial charge in [0.25, 0.3) is 0 Å². The van der Waals surface area contributed by atoms with Crippen LogP contribution in [0.15, 0.2) is 48.5 Å². The number of carbonyl (C=O) groups is 1. The van der Waals surface area contributed by atoms with Gasteiger partial charge < -0.3 is 10.1 Å². The number of aryl methyl sites for hydroxylation is 1. The first kappa shape index (κ1) is 19.4. The highest BCUT2D eigenvalue weighted by atomic mass is 16.5. The van der Waals surface area contributed by atoms with Crippen LogP contribution < -0.4 is 10.1 Å². The van der Waals surface area contributed by atoms with E-state index in [9.17, 15) is 4.79 Å². The van der Waals surface area contributed by atoms with Gasteiger partial charge >= 0.3 is 0 Å². The quantitative estimate of drug-likeness (QED) is 0.771. The van der Waals surface area contributed by atoms with Crippen molar-refractivity contribution in [1.82, 2.24) is 10.2 Å². The van der Waals surface area contributed by atoms with Crippen LogP contribution in [0.1, 0.15) is 42.5 Å². The maximum Gasteiger partial charge on any atom is 0.224 e. The van der Waals surface area contributed by atoms with Crippen molar-refractivity contribution >= 4 is 5.91 Å². The van der Waals surface area contributed by atoms with E-state index in [2.05, 4.69) is 41.4 Å². The van der Waals surface area contributed by atoms with Crippen molar-refractivity contribution in [2.24, 2.45) is 0 Å². The van der Waals surface area contributed by atoms with Crippen molar-refractivity contribution in [2.45, 2.75) is 39.2 Å². The van der Waals surface area contributed by atoms with E-state index in [1.54, 1.807) is 0 Å². The second kappa shape index (κ2) is 9.56. The summed E-state index contributed by atoms with van der Waals surface area (Å²) in [6.45, 7) is 7.58. The Bertz CT molecular complexity index is 719. The molecule has 1 aliphatic heterocycles. The molecule has 1 aliphatic rings. The first-order chi connectivity index (χ1) is 13.2. The van der Waals surface area contributed by atoms with E-state index in [0.29, 0.717) is 19.6 Å². The van der Waals surface area contributed by atoms with E-state index in [4.69, 9.17) is 4.74 Å². The van der Waals surface area contributed by atoms with E-state index in [-0.39, 0.29) is 11.9 Å². The molecule has 0 aliphatic carbocycles. The fourth-order valence-electron chi connectivity index (χ4n) is 3.63. The molecule has 1 heterocycles. The zero-order valence-electron chi connectivity index (χ0n) is 16.4. The molecule has 2 aromatic rings. The predicted molar refractivity (Wildman–Crippen MR) is 109 cm³/mol. The Morgan fingerprint density at radius 3 is 2.37 bits per heavy atom. The fraction of sp³-hybridized carbons (Fsp3) is 0.435. The molecule has 4 heteroatoms. The number of likely N-dealkylation sites (tertiary alicyclic amines) is 1. The highest BCUT2D eigenvalue weighted by molar-refractivity contribution is 5.78. The number of rotatable bonds is 8. The molecule has 0 aromatic heterocycles. The molecule has 1 amide bonds. The lowest BCUT2D eigenvalue weighted by atomic mass is 10.0. The summed E-state index contributed by atoms with van der Waals surface area (Å²) in [7, 11) is 0. The molecule has 0 saturated carbocycles. The topological polar surface area (TPSA) is 41.6 Å². The van der Waals surface area contributed by atoms with Crippen molar-refractivity contribution in [3.05, 3.63) is 65.2 Å². The summed E-state index contributed by atoms with van der Waals surface area (Å²) < 4.78 is 5.45. The highest BCUT2D eigenvalue weighted by Crippen LogP contribution is 2.25. The molecule has 2 aromatic carbocycles. The molecular weight excluding hydrogens is 336 g/mol. The van der Waals surface area contributed by atoms with E-state index in [0.717, 1.165) is 24.4 Å². The Morgan fingerprint density at radius 2 is 1.74 bits per heavy atom. The monoisotopic (exact) mass is 366 g/mol. The van der Waals surface area contributed by atoms with Crippen LogP contribution >= 0.6 is 0 Å². The van der Waals surface area contributed by atoms with Gasteiger partial charge in [0.2, 0.25) is 5.91 Å². The maximum absolute atomic E-state index is 12.5. The number of ether oxygens (including phenoxy) is 1. The third kappa shape index (κ3) is 5.57. The lowest BCUT2D eigenvalue weighted by Crippen LogP contribution is -2.37. The van der Waals surface area contributed by atoms with Gasteiger partial charge in [0.15, 0.2) is 0 Å². The molecule has 1 atom stereocenters. The number of amides is 1. The van der Waals surface area contributed by atoms with Gasteiger partial charge in [0, 0.05) is 6.54 Å². The number of nitrogens with one attached hydrogen (secondary N) is 1. The first-order valence-corrected chi connectivity index (χ1v) is 9.95. The van der Waals surface area contributed by atoms with E-state index in [1.165, 1.54) is 24.0 Å². The largest absolute Gasteiger partial charge is 0.494 e. The molecular formula is C23H30N2O2. The molecule has 1 saturated heterocycles. The SMILES string of the molecule is CCOc1ccc(CC(=O)NCC(c2ccc(C)cc2)N2CCCC2)cc1. The minimum absolute atomic E-state index is 0.0652. The maximum atomic E-state index is 12.5. The number of carbonyl (C=O) groups excluding carboxylic acids is 1. The van der Waals surface area contributed by atoms with Gasteiger partial charge in [-0.25, -0.2) is 0 Å². The van der Waals surface area contributed by atoms with Gasteiger partial charge in [-0.3, -0.25) is 9.69 Å². The normalized spacial score (nSPS) is 15.5. The Kier molecular flexibility index (Phi) is 6.88. The van der Waals surface area contributed by atoms with Crippen molar-refractivity contribution < 1.29 is 9.53 Å². The molecule has 0 bridgehead atoms. The molecule has 144 valence electrons. The summed E-state index contributed by atoms with van der Waals surface area (Å²) in [6, 6.07) is 16.7. The molecule has 1 fully saturated rings. The van der Waals surface area contributed by atoms with Crippen LogP contribution in [0.2, 0.25) is 0 Å². The number of benzene rings is 2. The summed E-state index contributed by atoms with van der Waals surface area (Å²) in [5.41, 5.74) is 3.55. The molecule has 3 rings (SSSR count). The summed E-state index contributed by atoms with van der Waals surface area (Å²) in [4.78, 5) is 15.0. The van der Waals surface area contributed by atoms with Crippen LogP contribution in [-0.2, 0) is 11.2 Å². The average molecular weight is 367 g/mol. The summed E-state index contributed by atoms with van der Waals surface area (Å²) in [5, 5.41) is 3.15. The second-order valence-corrected chi connectivity index (χ2v) is 7.23. The summed E-state index contributed by atoms with van der Waals surface area (Å²) >= 11 is 0. The third-order valence-electron chi connectivity index (χ3n) is 5.14. The standard InChI is InChI=1S/C23H30N2O2/c1-3-27-21-12-8-19(9-13-21)16-23(26)24-17-22(25-14-4-5-15-25)20-10-6-18(2)7-11-20/h6-13,22H,3-5,14-17H2,1-2H3,(H,24,26). The molecule has 4 nitrogen and oxygen atoms in total. The van der Waals surface area contributed by atoms with Crippen molar-refractivity contribution in [3.63, 3.8) is 0 Å². The Labute approximate surface area is 162 Å². The second-order valence-electron chi connectivity index (χ2n) is 7.23. The van der Waals surface area contributed by atoms with E-state index < -0.39 is 0 Å². The molecule has 27 heavy (non-hydrogen) atoms. The van der Waals surface area contributed by atoms with Gasteiger partial charge in [0.1, 0.15) is 5.75 Å². The number of hydrogen-bond donors (Lipinski definition) is 1. The zero-order chi connectivity index (χ0) is 19.1. The molecule has 0 spiro atoms. The first-order valence-electron chi connectivity index (χ1n) is 9.95. The number of nitrogens with zero attached hydrogens (tertiary/aromatic N) is 1. The van der Waals surface area contributed by atoms with Crippen LogP contribution in [0, 0.1) is 6.92 Å². The molecule has 0 radical (unpaired) electrons. The minimum Gasteiger partial charge on any atom is -0.494 e. The minimum atomic E-state index is 0.0652. The summed E-state index contributed by atoms with van der Waals surface area (Å²) in [5.74, 6) is 0.908. The van der Waals surface area contributed by atoms with Crippen LogP contribution in [0.4, 0.5) is 0 Å². The van der Waals surface area contributed by atoms with Gasteiger partial charge in [0.05, 0.1) is 19.1 Å². The van der Waals surface area contributed by atoms with Crippen LogP contribution in [-0.4, -0.2) is 37.0 Å². The van der Waals surface area contributed by atoms with Crippen LogP contribution in [0.5, 0.6) is 5.75 Å². The molecule has 1 unspecified atom stereocenters. The summed E-state index contributed by atoms with van der Waals surface area (Å²) in [6.07, 6.45) is 2.87. The van der Waals surface area contributed by atoms with Crippen molar-refractivity contribution in [1.29, 1.82) is 0 Å². The third-order valence-corrected chi connectivity index (χ3v) is 5.14. The van der Waals surface area contributed by atoms with E-state index >= 15 is 0 Å². The lowest BCUT2D eigenvalue weighted by molar-refractivity contribution is -0.120. The number of hydrogen-bond acceptors (Lipinski definition) is 3. The Balaban J connectivity index is 1.59. The van der Waals surface area contributed by atoms with Gasteiger partial charge in [-0.1, -0.05) is 42.0 Å². The van der Waals surface area contributed by atoms with Crippen molar-refractivity contribution in [2.75, 3.05) is 26.2 Å². The fourth-order valence-corrected chi connectivity index (χ4v) is 3.63. The lowest BCUT2D eigenvalue weighted by Gasteiger charge is -2.28. The highest BCUT2D eigenvalue weighted by Gasteiger charge is 2.23. The zero-order valence-corrected chi connectivity index (χ0v) is 16.4. The van der Waals surface area contributed by atoms with Gasteiger partial charge in [-0.15, -0.1) is 0 Å². The van der Waals surface area contributed by atoms with Crippen LogP contribution in [0.3, 0.4) is 0 Å². The smallest absolute Gasteiger partial charge is 0.224 e. The van der Waals surface area contributed by atoms with Gasteiger partial charge in [-0.05, 0) is 63.0 Å². The Hall–Kier alpha value is -2.33. The average Bonchev–Trinajstić information content (AvgIpc) is 3.20. The van der Waals surface area contributed by atoms with E-state index in [1.807, 2.05) is 31.2 Å². The van der Waals surface area contributed by atoms with Gasteiger partial charge in [-0.2, -0.15) is 0 Å². The van der Waals surface area contributed by atoms with Crippen molar-refractivity contribution in [3.8, 4) is 5.75 Å². The van der Waals surface area contributed by atoms with Crippen LogP contribution in [0.25, 0.3) is 0 Å².